The highest BCUT2D eigenvalue weighted by Crippen LogP contribution is 2.55. The molecule has 2 N–H and O–H groups in total. The fourth-order valence-corrected chi connectivity index (χ4v) is 6.41. The quantitative estimate of drug-likeness (QED) is 0.421. The van der Waals surface area contributed by atoms with Crippen LogP contribution in [-0.2, 0) is 14.3 Å². The van der Waals surface area contributed by atoms with Crippen molar-refractivity contribution in [1.82, 2.24) is 10.6 Å². The molecule has 0 spiro atoms. The number of urea groups is 1. The van der Waals surface area contributed by atoms with Gasteiger partial charge >= 0.3 is 18.0 Å². The second-order valence-corrected chi connectivity index (χ2v) is 10.2. The Labute approximate surface area is 196 Å². The number of hydrogen-bond acceptors (Lipinski definition) is 5. The van der Waals surface area contributed by atoms with Crippen molar-refractivity contribution in [3.05, 3.63) is 35.4 Å². The van der Waals surface area contributed by atoms with E-state index in [4.69, 9.17) is 9.47 Å². The van der Waals surface area contributed by atoms with Crippen molar-refractivity contribution in [2.24, 2.45) is 17.8 Å². The summed E-state index contributed by atoms with van der Waals surface area (Å²) in [5.74, 6) is 1.69. The number of nitrogens with one attached hydrogen (secondary N) is 2. The molecule has 0 aromatic heterocycles. The third-order valence-corrected chi connectivity index (χ3v) is 7.46. The number of amides is 2. The molecule has 1 aromatic carbocycles. The lowest BCUT2D eigenvalue weighted by atomic mass is 9.53. The zero-order chi connectivity index (χ0) is 23.4. The Morgan fingerprint density at radius 2 is 1.64 bits per heavy atom. The van der Waals surface area contributed by atoms with Crippen LogP contribution in [-0.4, -0.2) is 36.7 Å². The molecule has 1 unspecified atom stereocenters. The minimum absolute atomic E-state index is 0.00395. The fraction of sp³-hybridized carbons (Fsp3) is 0.654. The summed E-state index contributed by atoms with van der Waals surface area (Å²) in [6.45, 7) is 4.33. The van der Waals surface area contributed by atoms with Gasteiger partial charge in [0.1, 0.15) is 6.10 Å². The molecule has 4 saturated carbocycles. The highest BCUT2D eigenvalue weighted by molar-refractivity contribution is 5.89. The molecule has 1 atom stereocenters. The van der Waals surface area contributed by atoms with Crippen molar-refractivity contribution in [3.8, 4) is 0 Å². The molecule has 5 rings (SSSR count). The normalized spacial score (nSPS) is 28.1. The number of esters is 2. The van der Waals surface area contributed by atoms with Crippen LogP contribution in [0.15, 0.2) is 24.3 Å². The first kappa shape index (κ1) is 23.6. The average Bonchev–Trinajstić information content (AvgIpc) is 2.75. The fourth-order valence-electron chi connectivity index (χ4n) is 6.41. The van der Waals surface area contributed by atoms with E-state index in [1.54, 1.807) is 38.1 Å². The summed E-state index contributed by atoms with van der Waals surface area (Å²) in [5.41, 5.74) is 1.28. The second kappa shape index (κ2) is 10.1. The van der Waals surface area contributed by atoms with E-state index in [0.29, 0.717) is 25.1 Å². The predicted octanol–water partition coefficient (Wildman–Crippen LogP) is 4.52. The number of ether oxygens (including phenoxy) is 2. The van der Waals surface area contributed by atoms with Gasteiger partial charge in [-0.25, -0.2) is 9.59 Å². The predicted molar refractivity (Wildman–Crippen MR) is 124 cm³/mol. The van der Waals surface area contributed by atoms with Crippen LogP contribution in [0.25, 0.3) is 0 Å². The van der Waals surface area contributed by atoms with Crippen LogP contribution >= 0.6 is 0 Å². The highest BCUT2D eigenvalue weighted by Gasteiger charge is 2.51. The monoisotopic (exact) mass is 456 g/mol. The summed E-state index contributed by atoms with van der Waals surface area (Å²) in [6.07, 6.45) is 7.76. The Hall–Kier alpha value is -2.57. The first-order valence-corrected chi connectivity index (χ1v) is 12.4. The maximum Gasteiger partial charge on any atom is 0.338 e. The molecule has 4 fully saturated rings. The van der Waals surface area contributed by atoms with Crippen LogP contribution < -0.4 is 10.6 Å². The molecule has 4 aliphatic carbocycles. The first-order chi connectivity index (χ1) is 15.9. The van der Waals surface area contributed by atoms with Gasteiger partial charge in [0.05, 0.1) is 12.2 Å². The number of hydrogen-bond donors (Lipinski definition) is 2. The van der Waals surface area contributed by atoms with Gasteiger partial charge in [-0.2, -0.15) is 0 Å². The Balaban J connectivity index is 1.14. The highest BCUT2D eigenvalue weighted by atomic mass is 16.5. The van der Waals surface area contributed by atoms with Gasteiger partial charge < -0.3 is 20.1 Å². The number of rotatable bonds is 9. The largest absolute Gasteiger partial charge is 0.462 e. The SMILES string of the molecule is CCOC(=O)c1ccc(C(C)OC(=O)CCCNC(=O)NC23CC4CC(CC(C4)C2)C3)cc1. The van der Waals surface area contributed by atoms with Gasteiger partial charge in [0.15, 0.2) is 0 Å². The molecule has 0 heterocycles. The van der Waals surface area contributed by atoms with Crippen LogP contribution in [0.4, 0.5) is 4.79 Å². The third-order valence-electron chi connectivity index (χ3n) is 7.46. The van der Waals surface area contributed by atoms with Gasteiger partial charge in [-0.3, -0.25) is 4.79 Å². The van der Waals surface area contributed by atoms with Gasteiger partial charge in [-0.15, -0.1) is 0 Å². The summed E-state index contributed by atoms with van der Waals surface area (Å²) in [5, 5.41) is 6.21. The lowest BCUT2D eigenvalue weighted by molar-refractivity contribution is -0.148. The summed E-state index contributed by atoms with van der Waals surface area (Å²) < 4.78 is 10.5. The molecule has 7 nitrogen and oxygen atoms in total. The van der Waals surface area contributed by atoms with E-state index in [1.807, 2.05) is 0 Å². The first-order valence-electron chi connectivity index (χ1n) is 12.4. The molecule has 4 bridgehead atoms. The molecule has 180 valence electrons. The molecule has 4 aliphatic rings. The molecule has 0 aliphatic heterocycles. The summed E-state index contributed by atoms with van der Waals surface area (Å²) >= 11 is 0. The van der Waals surface area contributed by atoms with Crippen molar-refractivity contribution in [2.45, 2.75) is 76.9 Å². The van der Waals surface area contributed by atoms with Crippen LogP contribution in [0.1, 0.15) is 87.2 Å². The number of benzene rings is 1. The van der Waals surface area contributed by atoms with Crippen molar-refractivity contribution in [1.29, 1.82) is 0 Å². The lowest BCUT2D eigenvalue weighted by Crippen LogP contribution is -2.61. The van der Waals surface area contributed by atoms with E-state index in [9.17, 15) is 14.4 Å². The third kappa shape index (κ3) is 5.87. The smallest absolute Gasteiger partial charge is 0.338 e. The van der Waals surface area contributed by atoms with E-state index < -0.39 is 6.10 Å². The standard InChI is InChI=1S/C26H36N2O5/c1-3-32-24(30)22-8-6-21(7-9-22)17(2)33-23(29)5-4-10-27-25(31)28-26-14-18-11-19(15-26)13-20(12-18)16-26/h6-9,17-20H,3-5,10-16H2,1-2H3,(H2,27,28,31). The topological polar surface area (TPSA) is 93.7 Å². The van der Waals surface area contributed by atoms with Crippen molar-refractivity contribution >= 4 is 18.0 Å². The Kier molecular flexibility index (Phi) is 7.25. The molecule has 33 heavy (non-hydrogen) atoms. The number of carbonyl (C=O) groups is 3. The lowest BCUT2D eigenvalue weighted by Gasteiger charge is -2.56. The molecular formula is C26H36N2O5. The van der Waals surface area contributed by atoms with E-state index in [1.165, 1.54) is 19.3 Å². The van der Waals surface area contributed by atoms with Crippen molar-refractivity contribution < 1.29 is 23.9 Å². The Morgan fingerprint density at radius 1 is 1.03 bits per heavy atom. The second-order valence-electron chi connectivity index (χ2n) is 10.2. The molecule has 0 saturated heterocycles. The molecule has 7 heteroatoms. The van der Waals surface area contributed by atoms with Gasteiger partial charge in [-0.1, -0.05) is 12.1 Å². The van der Waals surface area contributed by atoms with Gasteiger partial charge in [0.2, 0.25) is 0 Å². The minimum atomic E-state index is -0.416. The molecular weight excluding hydrogens is 420 g/mol. The summed E-state index contributed by atoms with van der Waals surface area (Å²) in [6, 6.07) is 6.76. The van der Waals surface area contributed by atoms with Gasteiger partial charge in [0, 0.05) is 18.5 Å². The Bertz CT molecular complexity index is 831. The molecule has 0 radical (unpaired) electrons. The number of carbonyl (C=O) groups excluding carboxylic acids is 3. The van der Waals surface area contributed by atoms with Gasteiger partial charge in [-0.05, 0) is 94.2 Å². The van der Waals surface area contributed by atoms with Crippen LogP contribution in [0.3, 0.4) is 0 Å². The van der Waals surface area contributed by atoms with E-state index in [2.05, 4.69) is 10.6 Å². The van der Waals surface area contributed by atoms with Crippen LogP contribution in [0, 0.1) is 17.8 Å². The summed E-state index contributed by atoms with van der Waals surface area (Å²) in [7, 11) is 0. The zero-order valence-corrected chi connectivity index (χ0v) is 19.7. The molecule has 2 amide bonds. The Morgan fingerprint density at radius 3 is 2.21 bits per heavy atom. The maximum absolute atomic E-state index is 12.5. The zero-order valence-electron chi connectivity index (χ0n) is 19.7. The summed E-state index contributed by atoms with van der Waals surface area (Å²) in [4.78, 5) is 36.4. The maximum atomic E-state index is 12.5. The van der Waals surface area contributed by atoms with Crippen LogP contribution in [0.5, 0.6) is 0 Å². The van der Waals surface area contributed by atoms with E-state index >= 15 is 0 Å². The molecule has 1 aromatic rings. The van der Waals surface area contributed by atoms with Gasteiger partial charge in [0.25, 0.3) is 0 Å². The van der Waals surface area contributed by atoms with E-state index in [-0.39, 0.29) is 29.9 Å². The minimum Gasteiger partial charge on any atom is -0.462 e. The van der Waals surface area contributed by atoms with Crippen molar-refractivity contribution in [2.75, 3.05) is 13.2 Å². The van der Waals surface area contributed by atoms with Crippen molar-refractivity contribution in [3.63, 3.8) is 0 Å². The average molecular weight is 457 g/mol. The van der Waals surface area contributed by atoms with Crippen LogP contribution in [0.2, 0.25) is 0 Å². The van der Waals surface area contributed by atoms with E-state index in [0.717, 1.165) is 42.6 Å².